The number of hydrogen-bond donors (Lipinski definition) is 3. The van der Waals surface area contributed by atoms with Crippen molar-refractivity contribution in [1.82, 2.24) is 16.0 Å². The summed E-state index contributed by atoms with van der Waals surface area (Å²) in [5.74, 6) is 1.72. The number of nitrogens with one attached hydrogen (secondary N) is 3. The molecular weight excluding hydrogens is 427 g/mol. The van der Waals surface area contributed by atoms with Gasteiger partial charge < -0.3 is 20.7 Å². The predicted molar refractivity (Wildman–Crippen MR) is 118 cm³/mol. The molecule has 1 aromatic carbocycles. The van der Waals surface area contributed by atoms with Gasteiger partial charge in [0.2, 0.25) is 0 Å². The Morgan fingerprint density at radius 3 is 2.52 bits per heavy atom. The average Bonchev–Trinajstić information content (AvgIpc) is 2.50. The number of halogens is 1. The fourth-order valence-electron chi connectivity index (χ4n) is 2.39. The van der Waals surface area contributed by atoms with E-state index in [0.717, 1.165) is 36.9 Å². The number of aliphatic imine (C=N–C) groups is 1. The van der Waals surface area contributed by atoms with E-state index in [9.17, 15) is 0 Å². The normalized spacial score (nSPS) is 13.0. The van der Waals surface area contributed by atoms with Crippen LogP contribution in [0, 0.1) is 6.92 Å². The molecule has 0 bridgehead atoms. The van der Waals surface area contributed by atoms with Crippen LogP contribution in [-0.2, 0) is 0 Å². The lowest BCUT2D eigenvalue weighted by Crippen LogP contribution is -2.40. The highest BCUT2D eigenvalue weighted by Gasteiger charge is 2.13. The van der Waals surface area contributed by atoms with Crippen molar-refractivity contribution in [1.29, 1.82) is 0 Å². The Kier molecular flexibility index (Phi) is 11.1. The van der Waals surface area contributed by atoms with E-state index in [0.29, 0.717) is 0 Å². The maximum Gasteiger partial charge on any atom is 0.191 e. The van der Waals surface area contributed by atoms with E-state index in [1.165, 1.54) is 5.56 Å². The van der Waals surface area contributed by atoms with Crippen molar-refractivity contribution >= 4 is 29.9 Å². The van der Waals surface area contributed by atoms with Gasteiger partial charge in [-0.1, -0.05) is 17.7 Å². The van der Waals surface area contributed by atoms with Gasteiger partial charge in [-0.05, 0) is 47.6 Å². The summed E-state index contributed by atoms with van der Waals surface area (Å²) in [5, 5.41) is 10.2. The van der Waals surface area contributed by atoms with Crippen molar-refractivity contribution in [2.45, 2.75) is 53.1 Å². The molecule has 25 heavy (non-hydrogen) atoms. The monoisotopic (exact) mass is 462 g/mol. The summed E-state index contributed by atoms with van der Waals surface area (Å²) in [4.78, 5) is 4.65. The van der Waals surface area contributed by atoms with Crippen molar-refractivity contribution in [2.75, 3.05) is 26.7 Å². The molecule has 1 aromatic rings. The Morgan fingerprint density at radius 2 is 1.96 bits per heavy atom. The van der Waals surface area contributed by atoms with Crippen LogP contribution < -0.4 is 20.7 Å². The molecule has 0 spiro atoms. The molecule has 0 aliphatic carbocycles. The molecule has 0 aliphatic heterocycles. The van der Waals surface area contributed by atoms with Crippen molar-refractivity contribution in [3.63, 3.8) is 0 Å². The van der Waals surface area contributed by atoms with Crippen LogP contribution in [0.1, 0.15) is 51.8 Å². The zero-order chi connectivity index (χ0) is 18.2. The summed E-state index contributed by atoms with van der Waals surface area (Å²) in [6, 6.07) is 6.33. The van der Waals surface area contributed by atoms with Crippen molar-refractivity contribution < 1.29 is 4.74 Å². The topological polar surface area (TPSA) is 57.7 Å². The third-order valence-electron chi connectivity index (χ3n) is 3.59. The van der Waals surface area contributed by atoms with Gasteiger partial charge in [0, 0.05) is 24.2 Å². The number of guanidine groups is 1. The van der Waals surface area contributed by atoms with Crippen LogP contribution in [-0.4, -0.2) is 38.2 Å². The van der Waals surface area contributed by atoms with Crippen molar-refractivity contribution in [3.8, 4) is 5.75 Å². The summed E-state index contributed by atoms with van der Waals surface area (Å²) in [6.07, 6.45) is 0. The second kappa shape index (κ2) is 11.6. The minimum absolute atomic E-state index is 0. The molecule has 0 aliphatic rings. The predicted octanol–water partition coefficient (Wildman–Crippen LogP) is 3.63. The van der Waals surface area contributed by atoms with Crippen LogP contribution >= 0.6 is 24.0 Å². The minimum atomic E-state index is 0. The number of methoxy groups -OCH3 is 1. The van der Waals surface area contributed by atoms with Crippen LogP contribution in [0.2, 0.25) is 0 Å². The maximum absolute atomic E-state index is 5.49. The lowest BCUT2D eigenvalue weighted by Gasteiger charge is -2.22. The van der Waals surface area contributed by atoms with Crippen LogP contribution in [0.15, 0.2) is 23.2 Å². The Hall–Kier alpha value is -1.02. The Labute approximate surface area is 170 Å². The number of nitrogens with zero attached hydrogens (tertiary/aromatic N) is 1. The van der Waals surface area contributed by atoms with E-state index in [-0.39, 0.29) is 35.6 Å². The van der Waals surface area contributed by atoms with Crippen LogP contribution in [0.5, 0.6) is 5.75 Å². The fourth-order valence-corrected chi connectivity index (χ4v) is 2.39. The lowest BCUT2D eigenvalue weighted by atomic mass is 10.0. The first-order valence-electron chi connectivity index (χ1n) is 8.71. The van der Waals surface area contributed by atoms with Crippen LogP contribution in [0.4, 0.5) is 0 Å². The molecule has 0 saturated carbocycles. The third kappa shape index (κ3) is 9.30. The van der Waals surface area contributed by atoms with Gasteiger partial charge in [0.1, 0.15) is 5.75 Å². The molecule has 3 N–H and O–H groups in total. The molecule has 6 heteroatoms. The Morgan fingerprint density at radius 1 is 1.28 bits per heavy atom. The molecule has 1 rings (SSSR count). The van der Waals surface area contributed by atoms with Gasteiger partial charge in [0.15, 0.2) is 5.96 Å². The van der Waals surface area contributed by atoms with Gasteiger partial charge in [-0.2, -0.15) is 0 Å². The molecule has 144 valence electrons. The SMILES string of the molecule is CCNC(=NCCNC(C)(C)C)NC(C)c1cc(C)ccc1OC.I. The van der Waals surface area contributed by atoms with Crippen molar-refractivity contribution in [3.05, 3.63) is 29.3 Å². The molecule has 0 fully saturated rings. The maximum atomic E-state index is 5.49. The second-order valence-electron chi connectivity index (χ2n) is 7.05. The number of rotatable bonds is 7. The highest BCUT2D eigenvalue weighted by atomic mass is 127. The van der Waals surface area contributed by atoms with Gasteiger partial charge in [-0.25, -0.2) is 0 Å². The Balaban J connectivity index is 0.00000576. The van der Waals surface area contributed by atoms with E-state index < -0.39 is 0 Å². The minimum Gasteiger partial charge on any atom is -0.496 e. The summed E-state index contributed by atoms with van der Waals surface area (Å²) in [7, 11) is 1.71. The molecule has 0 radical (unpaired) electrons. The van der Waals surface area contributed by atoms with E-state index in [4.69, 9.17) is 4.74 Å². The van der Waals surface area contributed by atoms with Crippen LogP contribution in [0.25, 0.3) is 0 Å². The highest BCUT2D eigenvalue weighted by Crippen LogP contribution is 2.25. The summed E-state index contributed by atoms with van der Waals surface area (Å²) < 4.78 is 5.49. The molecular formula is C19H35IN4O. The van der Waals surface area contributed by atoms with Gasteiger partial charge >= 0.3 is 0 Å². The smallest absolute Gasteiger partial charge is 0.191 e. The Bertz CT molecular complexity index is 541. The first-order valence-corrected chi connectivity index (χ1v) is 8.71. The number of benzene rings is 1. The van der Waals surface area contributed by atoms with Gasteiger partial charge in [0.05, 0.1) is 19.7 Å². The number of ether oxygens (including phenoxy) is 1. The average molecular weight is 462 g/mol. The third-order valence-corrected chi connectivity index (χ3v) is 3.59. The van der Waals surface area contributed by atoms with Gasteiger partial charge in [-0.15, -0.1) is 24.0 Å². The van der Waals surface area contributed by atoms with Gasteiger partial charge in [0.25, 0.3) is 0 Å². The van der Waals surface area contributed by atoms with E-state index in [2.05, 4.69) is 74.6 Å². The summed E-state index contributed by atoms with van der Waals surface area (Å²) in [6.45, 7) is 15.2. The zero-order valence-electron chi connectivity index (χ0n) is 16.7. The molecule has 0 aromatic heterocycles. The first-order chi connectivity index (χ1) is 11.3. The standard InChI is InChI=1S/C19H34N4O.HI/c1-8-20-18(21-11-12-22-19(4,5)6)23-15(3)16-13-14(2)9-10-17(16)24-7;/h9-10,13,15,22H,8,11-12H2,1-7H3,(H2,20,21,23);1H. The highest BCUT2D eigenvalue weighted by molar-refractivity contribution is 14.0. The zero-order valence-corrected chi connectivity index (χ0v) is 19.0. The molecule has 1 atom stereocenters. The summed E-state index contributed by atoms with van der Waals surface area (Å²) >= 11 is 0. The molecule has 0 saturated heterocycles. The van der Waals surface area contributed by atoms with Gasteiger partial charge in [-0.3, -0.25) is 4.99 Å². The first kappa shape index (κ1) is 24.0. The van der Waals surface area contributed by atoms with E-state index >= 15 is 0 Å². The fraction of sp³-hybridized carbons (Fsp3) is 0.632. The molecule has 0 amide bonds. The van der Waals surface area contributed by atoms with E-state index in [1.807, 2.05) is 6.07 Å². The molecule has 0 heterocycles. The summed E-state index contributed by atoms with van der Waals surface area (Å²) in [5.41, 5.74) is 2.47. The van der Waals surface area contributed by atoms with Crippen LogP contribution in [0.3, 0.4) is 0 Å². The quantitative estimate of drug-likeness (QED) is 0.251. The van der Waals surface area contributed by atoms with Crippen molar-refractivity contribution in [2.24, 2.45) is 4.99 Å². The lowest BCUT2D eigenvalue weighted by molar-refractivity contribution is 0.405. The number of hydrogen-bond acceptors (Lipinski definition) is 3. The number of aryl methyl sites for hydroxylation is 1. The van der Waals surface area contributed by atoms with E-state index in [1.54, 1.807) is 7.11 Å². The largest absolute Gasteiger partial charge is 0.496 e. The molecule has 5 nitrogen and oxygen atoms in total. The molecule has 1 unspecified atom stereocenters. The second-order valence-corrected chi connectivity index (χ2v) is 7.05.